The summed E-state index contributed by atoms with van der Waals surface area (Å²) >= 11 is 0. The van der Waals surface area contributed by atoms with Crippen LogP contribution in [0.25, 0.3) is 0 Å². The van der Waals surface area contributed by atoms with Gasteiger partial charge in [-0.15, -0.1) is 0 Å². The fourth-order valence-electron chi connectivity index (χ4n) is 1.77. The molecule has 2 heteroatoms. The summed E-state index contributed by atoms with van der Waals surface area (Å²) in [4.78, 5) is 11.9. The predicted molar refractivity (Wildman–Crippen MR) is 64.4 cm³/mol. The van der Waals surface area contributed by atoms with Gasteiger partial charge in [-0.2, -0.15) is 0 Å². The van der Waals surface area contributed by atoms with E-state index < -0.39 is 0 Å². The highest BCUT2D eigenvalue weighted by Gasteiger charge is 2.24. The van der Waals surface area contributed by atoms with E-state index in [4.69, 9.17) is 0 Å². The van der Waals surface area contributed by atoms with Gasteiger partial charge in [0.1, 0.15) is 0 Å². The lowest BCUT2D eigenvalue weighted by molar-refractivity contribution is 0.345. The van der Waals surface area contributed by atoms with Crippen molar-refractivity contribution in [2.45, 2.75) is 52.5 Å². The van der Waals surface area contributed by atoms with Crippen molar-refractivity contribution >= 4 is 0 Å². The summed E-state index contributed by atoms with van der Waals surface area (Å²) in [5, 5.41) is 0. The zero-order chi connectivity index (χ0) is 11.9. The second-order valence-electron chi connectivity index (χ2n) is 6.01. The van der Waals surface area contributed by atoms with E-state index in [0.29, 0.717) is 0 Å². The molecule has 0 aromatic carbocycles. The third kappa shape index (κ3) is 2.49. The third-order valence-electron chi connectivity index (χ3n) is 2.39. The van der Waals surface area contributed by atoms with Crippen molar-refractivity contribution in [3.8, 4) is 0 Å². The van der Waals surface area contributed by atoms with Gasteiger partial charge >= 0.3 is 0 Å². The normalized spacial score (nSPS) is 12.9. The van der Waals surface area contributed by atoms with Gasteiger partial charge in [-0.25, -0.2) is 0 Å². The Bertz CT molecular complexity index is 402. The van der Waals surface area contributed by atoms with E-state index >= 15 is 0 Å². The lowest BCUT2D eigenvalue weighted by Crippen LogP contribution is -2.38. The van der Waals surface area contributed by atoms with E-state index in [1.807, 2.05) is 16.7 Å². The first kappa shape index (κ1) is 12.0. The van der Waals surface area contributed by atoms with Gasteiger partial charge in [-0.05, 0) is 26.8 Å². The minimum absolute atomic E-state index is 0.00625. The molecule has 0 unspecified atom stereocenters. The number of nitrogens with zero attached hydrogens (tertiary/aromatic N) is 1. The van der Waals surface area contributed by atoms with Gasteiger partial charge in [-0.3, -0.25) is 4.79 Å². The highest BCUT2D eigenvalue weighted by atomic mass is 16.1. The maximum atomic E-state index is 11.9. The summed E-state index contributed by atoms with van der Waals surface area (Å²) in [7, 11) is 0. The highest BCUT2D eigenvalue weighted by molar-refractivity contribution is 5.17. The van der Waals surface area contributed by atoms with Crippen LogP contribution in [0.15, 0.2) is 23.0 Å². The lowest BCUT2D eigenvalue weighted by Gasteiger charge is -2.31. The molecule has 15 heavy (non-hydrogen) atoms. The van der Waals surface area contributed by atoms with Crippen LogP contribution in [0.5, 0.6) is 0 Å². The van der Waals surface area contributed by atoms with Gasteiger partial charge in [0.2, 0.25) is 0 Å². The van der Waals surface area contributed by atoms with Crippen LogP contribution in [0.2, 0.25) is 0 Å². The molecular weight excluding hydrogens is 186 g/mol. The van der Waals surface area contributed by atoms with Gasteiger partial charge in [0.05, 0.1) is 0 Å². The summed E-state index contributed by atoms with van der Waals surface area (Å²) in [6.45, 7) is 12.6. The molecule has 0 bridgehead atoms. The first-order valence-electron chi connectivity index (χ1n) is 5.37. The first-order chi connectivity index (χ1) is 6.64. The van der Waals surface area contributed by atoms with E-state index in [-0.39, 0.29) is 16.5 Å². The SMILES string of the molecule is CC(C)(C)c1cccc(=O)n1C(C)(C)C. The Kier molecular flexibility index (Phi) is 2.81. The third-order valence-corrected chi connectivity index (χ3v) is 2.39. The summed E-state index contributed by atoms with van der Waals surface area (Å²) < 4.78 is 1.88. The van der Waals surface area contributed by atoms with Gasteiger partial charge in [0.25, 0.3) is 5.56 Å². The highest BCUT2D eigenvalue weighted by Crippen LogP contribution is 2.25. The molecular formula is C13H21NO. The minimum atomic E-state index is -0.166. The molecule has 1 aromatic rings. The van der Waals surface area contributed by atoms with Crippen LogP contribution in [0.1, 0.15) is 47.2 Å². The van der Waals surface area contributed by atoms with Crippen molar-refractivity contribution in [1.82, 2.24) is 4.57 Å². The van der Waals surface area contributed by atoms with Crippen LogP contribution in [0.3, 0.4) is 0 Å². The Morgan fingerprint density at radius 3 is 1.87 bits per heavy atom. The van der Waals surface area contributed by atoms with Crippen molar-refractivity contribution < 1.29 is 0 Å². The fourth-order valence-corrected chi connectivity index (χ4v) is 1.77. The van der Waals surface area contributed by atoms with Gasteiger partial charge in [0.15, 0.2) is 0 Å². The fraction of sp³-hybridized carbons (Fsp3) is 0.615. The molecule has 0 fully saturated rings. The Hall–Kier alpha value is -1.05. The number of aromatic nitrogens is 1. The van der Waals surface area contributed by atoms with E-state index in [0.717, 1.165) is 5.69 Å². The van der Waals surface area contributed by atoms with Crippen LogP contribution in [0.4, 0.5) is 0 Å². The number of hydrogen-bond donors (Lipinski definition) is 0. The quantitative estimate of drug-likeness (QED) is 0.641. The molecule has 0 aliphatic rings. The van der Waals surface area contributed by atoms with Crippen molar-refractivity contribution in [3.05, 3.63) is 34.2 Å². The second-order valence-corrected chi connectivity index (χ2v) is 6.01. The van der Waals surface area contributed by atoms with Crippen molar-refractivity contribution in [1.29, 1.82) is 0 Å². The molecule has 84 valence electrons. The molecule has 0 aliphatic heterocycles. The zero-order valence-corrected chi connectivity index (χ0v) is 10.6. The molecule has 0 saturated heterocycles. The Labute approximate surface area is 91.9 Å². The Morgan fingerprint density at radius 2 is 1.53 bits per heavy atom. The summed E-state index contributed by atoms with van der Waals surface area (Å²) in [6, 6.07) is 5.50. The molecule has 2 nitrogen and oxygen atoms in total. The second kappa shape index (κ2) is 3.51. The van der Waals surface area contributed by atoms with E-state index in [1.54, 1.807) is 6.07 Å². The first-order valence-corrected chi connectivity index (χ1v) is 5.37. The van der Waals surface area contributed by atoms with Gasteiger partial charge < -0.3 is 4.57 Å². The Balaban J connectivity index is 3.55. The van der Waals surface area contributed by atoms with Crippen LogP contribution in [0, 0.1) is 0 Å². The van der Waals surface area contributed by atoms with Gasteiger partial charge in [0, 0.05) is 22.7 Å². The molecule has 0 spiro atoms. The van der Waals surface area contributed by atoms with E-state index in [2.05, 4.69) is 41.5 Å². The Morgan fingerprint density at radius 1 is 1.00 bits per heavy atom. The molecule has 1 aromatic heterocycles. The molecule has 1 heterocycles. The van der Waals surface area contributed by atoms with Crippen molar-refractivity contribution in [2.24, 2.45) is 0 Å². The van der Waals surface area contributed by atoms with Crippen LogP contribution >= 0.6 is 0 Å². The summed E-state index contributed by atoms with van der Waals surface area (Å²) in [5.74, 6) is 0. The summed E-state index contributed by atoms with van der Waals surface area (Å²) in [6.07, 6.45) is 0. The standard InChI is InChI=1S/C13H21NO/c1-12(2,3)10-8-7-9-11(15)14(10)13(4,5)6/h7-9H,1-6H3. The minimum Gasteiger partial charge on any atom is -0.307 e. The van der Waals surface area contributed by atoms with Crippen molar-refractivity contribution in [2.75, 3.05) is 0 Å². The summed E-state index contributed by atoms with van der Waals surface area (Å²) in [5.41, 5.74) is 0.992. The predicted octanol–water partition coefficient (Wildman–Crippen LogP) is 2.90. The average molecular weight is 207 g/mol. The molecule has 0 amide bonds. The topological polar surface area (TPSA) is 22.0 Å². The smallest absolute Gasteiger partial charge is 0.251 e. The molecule has 0 saturated carbocycles. The van der Waals surface area contributed by atoms with E-state index in [9.17, 15) is 4.79 Å². The largest absolute Gasteiger partial charge is 0.307 e. The lowest BCUT2D eigenvalue weighted by atomic mass is 9.89. The maximum Gasteiger partial charge on any atom is 0.251 e. The molecule has 0 radical (unpaired) electrons. The van der Waals surface area contributed by atoms with Crippen LogP contribution in [-0.2, 0) is 11.0 Å². The molecule has 0 aliphatic carbocycles. The van der Waals surface area contributed by atoms with E-state index in [1.165, 1.54) is 0 Å². The maximum absolute atomic E-state index is 11.9. The van der Waals surface area contributed by atoms with Crippen molar-refractivity contribution in [3.63, 3.8) is 0 Å². The zero-order valence-electron chi connectivity index (χ0n) is 10.6. The number of pyridine rings is 1. The molecule has 0 atom stereocenters. The monoisotopic (exact) mass is 207 g/mol. The number of rotatable bonds is 0. The molecule has 1 rings (SSSR count). The van der Waals surface area contributed by atoms with Crippen LogP contribution in [-0.4, -0.2) is 4.57 Å². The average Bonchev–Trinajstić information content (AvgIpc) is 1.99. The molecule has 0 N–H and O–H groups in total. The number of hydrogen-bond acceptors (Lipinski definition) is 1. The van der Waals surface area contributed by atoms with Crippen LogP contribution < -0.4 is 5.56 Å². The van der Waals surface area contributed by atoms with Gasteiger partial charge in [-0.1, -0.05) is 26.8 Å².